The summed E-state index contributed by atoms with van der Waals surface area (Å²) in [6.45, 7) is -0.0876. The molecule has 21 heavy (non-hydrogen) atoms. The average Bonchev–Trinajstić information content (AvgIpc) is 2.35. The van der Waals surface area contributed by atoms with Gasteiger partial charge in [-0.1, -0.05) is 0 Å². The summed E-state index contributed by atoms with van der Waals surface area (Å²) >= 11 is 0. The number of halogens is 2. The number of carbonyl (C=O) groups excluding carboxylic acids is 1. The lowest BCUT2D eigenvalue weighted by atomic mass is 10.1. The average molecular weight is 322 g/mol. The van der Waals surface area contributed by atoms with E-state index in [9.17, 15) is 32.1 Å². The van der Waals surface area contributed by atoms with Gasteiger partial charge in [-0.3, -0.25) is 14.9 Å². The van der Waals surface area contributed by atoms with Crippen molar-refractivity contribution >= 4 is 21.4 Å². The fourth-order valence-corrected chi connectivity index (χ4v) is 2.17. The maximum atomic E-state index is 13.7. The number of benzene rings is 1. The molecule has 0 bridgehead atoms. The first-order valence-electron chi connectivity index (χ1n) is 5.71. The molecule has 0 atom stereocenters. The lowest BCUT2D eigenvalue weighted by molar-refractivity contribution is -0.387. The van der Waals surface area contributed by atoms with Crippen molar-refractivity contribution in [2.75, 3.05) is 18.6 Å². The van der Waals surface area contributed by atoms with Gasteiger partial charge in [-0.05, 0) is 12.5 Å². The molecule has 0 unspecified atom stereocenters. The summed E-state index contributed by atoms with van der Waals surface area (Å²) in [5.74, 6) is -3.80. The van der Waals surface area contributed by atoms with Gasteiger partial charge in [0, 0.05) is 12.8 Å². The maximum Gasteiger partial charge on any atom is 0.308 e. The zero-order valence-electron chi connectivity index (χ0n) is 10.9. The minimum Gasteiger partial charge on any atom is -0.352 e. The fraction of sp³-hybridized carbons (Fsp3) is 0.364. The highest BCUT2D eigenvalue weighted by Crippen LogP contribution is 2.22. The predicted molar refractivity (Wildman–Crippen MR) is 69.7 cm³/mol. The summed E-state index contributed by atoms with van der Waals surface area (Å²) in [5.41, 5.74) is -1.95. The maximum absolute atomic E-state index is 13.7. The van der Waals surface area contributed by atoms with E-state index in [1.54, 1.807) is 0 Å². The van der Waals surface area contributed by atoms with Crippen LogP contribution in [0.3, 0.4) is 0 Å². The third-order valence-electron chi connectivity index (χ3n) is 2.44. The van der Waals surface area contributed by atoms with Gasteiger partial charge in [0.1, 0.15) is 15.7 Å². The van der Waals surface area contributed by atoms with Gasteiger partial charge in [0.2, 0.25) is 5.82 Å². The highest BCUT2D eigenvalue weighted by molar-refractivity contribution is 7.90. The van der Waals surface area contributed by atoms with E-state index < -0.39 is 43.6 Å². The highest BCUT2D eigenvalue weighted by Gasteiger charge is 2.24. The van der Waals surface area contributed by atoms with E-state index in [0.717, 1.165) is 6.26 Å². The predicted octanol–water partition coefficient (Wildman–Crippen LogP) is 1.04. The zero-order chi connectivity index (χ0) is 16.2. The van der Waals surface area contributed by atoms with E-state index in [1.165, 1.54) is 0 Å². The number of hydrogen-bond acceptors (Lipinski definition) is 5. The van der Waals surface area contributed by atoms with Crippen LogP contribution in [0.15, 0.2) is 12.1 Å². The van der Waals surface area contributed by atoms with Crippen molar-refractivity contribution in [1.29, 1.82) is 0 Å². The molecule has 0 spiro atoms. The number of carbonyl (C=O) groups is 1. The van der Waals surface area contributed by atoms with E-state index in [1.807, 2.05) is 0 Å². The largest absolute Gasteiger partial charge is 0.352 e. The molecule has 1 aromatic carbocycles. The standard InChI is InChI=1S/C11H12F2N2O5S/c1-21(19,20)4-2-3-14-11(16)8-5-7(12)6-9(10(8)13)15(17)18/h5-6H,2-4H2,1H3,(H,14,16). The van der Waals surface area contributed by atoms with Crippen LogP contribution in [0.25, 0.3) is 0 Å². The molecule has 0 aromatic heterocycles. The number of sulfone groups is 1. The van der Waals surface area contributed by atoms with E-state index in [4.69, 9.17) is 0 Å². The third-order valence-corrected chi connectivity index (χ3v) is 3.47. The number of nitro groups is 1. The first-order chi connectivity index (χ1) is 9.61. The molecule has 0 aliphatic rings. The second kappa shape index (κ2) is 6.57. The summed E-state index contributed by atoms with van der Waals surface area (Å²) in [6, 6.07) is 0.907. The minimum absolute atomic E-state index is 0.0869. The van der Waals surface area contributed by atoms with E-state index in [2.05, 4.69) is 5.32 Å². The second-order valence-corrected chi connectivity index (χ2v) is 6.54. The first kappa shape index (κ1) is 17.0. The summed E-state index contributed by atoms with van der Waals surface area (Å²) in [7, 11) is -3.19. The first-order valence-corrected chi connectivity index (χ1v) is 7.77. The topological polar surface area (TPSA) is 106 Å². The van der Waals surface area contributed by atoms with Crippen molar-refractivity contribution in [2.24, 2.45) is 0 Å². The van der Waals surface area contributed by atoms with Crippen LogP contribution >= 0.6 is 0 Å². The molecule has 1 N–H and O–H groups in total. The van der Waals surface area contributed by atoms with Crippen LogP contribution in [0.2, 0.25) is 0 Å². The van der Waals surface area contributed by atoms with Gasteiger partial charge in [0.15, 0.2) is 0 Å². The van der Waals surface area contributed by atoms with E-state index >= 15 is 0 Å². The van der Waals surface area contributed by atoms with Crippen molar-refractivity contribution in [3.63, 3.8) is 0 Å². The minimum atomic E-state index is -3.19. The number of amides is 1. The molecule has 0 saturated carbocycles. The molecular formula is C11H12F2N2O5S. The third kappa shape index (κ3) is 5.06. The molecule has 0 heterocycles. The van der Waals surface area contributed by atoms with E-state index in [-0.39, 0.29) is 18.7 Å². The van der Waals surface area contributed by atoms with Gasteiger partial charge in [-0.25, -0.2) is 12.8 Å². The summed E-state index contributed by atoms with van der Waals surface area (Å²) < 4.78 is 48.6. The van der Waals surface area contributed by atoms with Gasteiger partial charge in [-0.15, -0.1) is 0 Å². The van der Waals surface area contributed by atoms with Gasteiger partial charge in [0.25, 0.3) is 5.91 Å². The normalized spacial score (nSPS) is 11.2. The molecule has 0 fully saturated rings. The van der Waals surface area contributed by atoms with Crippen molar-refractivity contribution in [2.45, 2.75) is 6.42 Å². The van der Waals surface area contributed by atoms with Gasteiger partial charge in [0.05, 0.1) is 22.3 Å². The van der Waals surface area contributed by atoms with Crippen molar-refractivity contribution in [3.05, 3.63) is 39.4 Å². The van der Waals surface area contributed by atoms with Crippen molar-refractivity contribution < 1.29 is 26.9 Å². The SMILES string of the molecule is CS(=O)(=O)CCCNC(=O)c1cc(F)cc([N+](=O)[O-])c1F. The van der Waals surface area contributed by atoms with Crippen LogP contribution in [0, 0.1) is 21.7 Å². The zero-order valence-corrected chi connectivity index (χ0v) is 11.7. The molecule has 116 valence electrons. The number of hydrogen-bond donors (Lipinski definition) is 1. The Kier molecular flexibility index (Phi) is 5.30. The molecule has 0 radical (unpaired) electrons. The Bertz CT molecular complexity index is 675. The smallest absolute Gasteiger partial charge is 0.308 e. The number of nitrogens with zero attached hydrogens (tertiary/aromatic N) is 1. The number of nitro benzene ring substituents is 1. The summed E-state index contributed by atoms with van der Waals surface area (Å²) in [4.78, 5) is 21.0. The quantitative estimate of drug-likeness (QED) is 0.478. The molecule has 10 heteroatoms. The van der Waals surface area contributed by atoms with Crippen LogP contribution in [-0.4, -0.2) is 37.8 Å². The summed E-state index contributed by atoms with van der Waals surface area (Å²) in [5, 5.41) is 12.7. The molecule has 0 aliphatic carbocycles. The second-order valence-electron chi connectivity index (χ2n) is 4.28. The Hall–Kier alpha value is -2.10. The van der Waals surface area contributed by atoms with Crippen molar-refractivity contribution in [1.82, 2.24) is 5.32 Å². The summed E-state index contributed by atoms with van der Waals surface area (Å²) in [6.07, 6.45) is 1.11. The Balaban J connectivity index is 2.81. The highest BCUT2D eigenvalue weighted by atomic mass is 32.2. The molecule has 1 aromatic rings. The van der Waals surface area contributed by atoms with Gasteiger partial charge < -0.3 is 5.32 Å². The van der Waals surface area contributed by atoms with Crippen LogP contribution in [-0.2, 0) is 9.84 Å². The Morgan fingerprint density at radius 2 is 2.00 bits per heavy atom. The van der Waals surface area contributed by atoms with Crippen LogP contribution in [0.5, 0.6) is 0 Å². The monoisotopic (exact) mass is 322 g/mol. The Morgan fingerprint density at radius 3 is 2.52 bits per heavy atom. The van der Waals surface area contributed by atoms with Crippen LogP contribution in [0.4, 0.5) is 14.5 Å². The number of nitrogens with one attached hydrogen (secondary N) is 1. The van der Waals surface area contributed by atoms with Gasteiger partial charge in [-0.2, -0.15) is 4.39 Å². The van der Waals surface area contributed by atoms with Crippen LogP contribution in [0.1, 0.15) is 16.8 Å². The lowest BCUT2D eigenvalue weighted by Gasteiger charge is -2.06. The molecule has 7 nitrogen and oxygen atoms in total. The molecule has 0 aliphatic heterocycles. The Morgan fingerprint density at radius 1 is 1.38 bits per heavy atom. The fourth-order valence-electron chi connectivity index (χ4n) is 1.50. The lowest BCUT2D eigenvalue weighted by Crippen LogP contribution is -2.27. The molecule has 1 amide bonds. The van der Waals surface area contributed by atoms with Crippen LogP contribution < -0.4 is 5.32 Å². The molecular weight excluding hydrogens is 310 g/mol. The molecule has 0 saturated heterocycles. The molecule has 1 rings (SSSR count). The Labute approximate surface area is 119 Å². The van der Waals surface area contributed by atoms with E-state index in [0.29, 0.717) is 12.1 Å². The van der Waals surface area contributed by atoms with Crippen molar-refractivity contribution in [3.8, 4) is 0 Å². The number of rotatable bonds is 6. The van der Waals surface area contributed by atoms with Gasteiger partial charge >= 0.3 is 5.69 Å².